The van der Waals surface area contributed by atoms with Crippen LogP contribution in [0.25, 0.3) is 0 Å². The fourth-order valence-electron chi connectivity index (χ4n) is 3.21. The van der Waals surface area contributed by atoms with Crippen molar-refractivity contribution in [2.24, 2.45) is 0 Å². The summed E-state index contributed by atoms with van der Waals surface area (Å²) >= 11 is 0. The van der Waals surface area contributed by atoms with Crippen molar-refractivity contribution in [1.29, 1.82) is 0 Å². The van der Waals surface area contributed by atoms with Crippen molar-refractivity contribution >= 4 is 17.3 Å². The minimum absolute atomic E-state index is 0.153. The molecule has 1 aliphatic rings. The number of aromatic hydroxyl groups is 1. The monoisotopic (exact) mass is 353 g/mol. The van der Waals surface area contributed by atoms with E-state index >= 15 is 0 Å². The Labute approximate surface area is 155 Å². The highest BCUT2D eigenvalue weighted by Crippen LogP contribution is 2.22. The molecule has 0 bridgehead atoms. The summed E-state index contributed by atoms with van der Waals surface area (Å²) in [7, 11) is 0. The van der Waals surface area contributed by atoms with E-state index in [4.69, 9.17) is 0 Å². The molecule has 1 fully saturated rings. The third-order valence-corrected chi connectivity index (χ3v) is 4.85. The minimum Gasteiger partial charge on any atom is -0.508 e. The van der Waals surface area contributed by atoms with Crippen LogP contribution in [0.15, 0.2) is 48.5 Å². The number of rotatable bonds is 3. The molecule has 0 aromatic heterocycles. The molecule has 5 heteroatoms. The quantitative estimate of drug-likeness (QED) is 0.829. The first-order valence-electron chi connectivity index (χ1n) is 9.03. The molecule has 1 aliphatic heterocycles. The van der Waals surface area contributed by atoms with Gasteiger partial charge in [0.25, 0.3) is 5.91 Å². The van der Waals surface area contributed by atoms with Crippen molar-refractivity contribution in [2.75, 3.05) is 36.4 Å². The first kappa shape index (κ1) is 18.3. The number of piperazine rings is 1. The number of carbonyl (C=O) groups is 1. The van der Waals surface area contributed by atoms with E-state index in [1.807, 2.05) is 24.3 Å². The van der Waals surface area contributed by atoms with Gasteiger partial charge in [0.05, 0.1) is 0 Å². The summed E-state index contributed by atoms with van der Waals surface area (Å²) < 4.78 is 0. The van der Waals surface area contributed by atoms with Crippen molar-refractivity contribution in [3.63, 3.8) is 0 Å². The lowest BCUT2D eigenvalue weighted by Gasteiger charge is -2.43. The Morgan fingerprint density at radius 2 is 1.50 bits per heavy atom. The van der Waals surface area contributed by atoms with E-state index < -0.39 is 0 Å². The van der Waals surface area contributed by atoms with Crippen molar-refractivity contribution in [3.05, 3.63) is 54.1 Å². The summed E-state index contributed by atoms with van der Waals surface area (Å²) in [6.45, 7) is 10.9. The van der Waals surface area contributed by atoms with Gasteiger partial charge in [-0.3, -0.25) is 9.69 Å². The van der Waals surface area contributed by atoms with Crippen LogP contribution in [0.5, 0.6) is 5.75 Å². The number of hydrogen-bond donors (Lipinski definition) is 2. The lowest BCUT2D eigenvalue weighted by molar-refractivity contribution is 0.102. The number of phenolic OH excluding ortho intramolecular Hbond substituents is 1. The van der Waals surface area contributed by atoms with Crippen LogP contribution in [0.2, 0.25) is 0 Å². The van der Waals surface area contributed by atoms with Gasteiger partial charge in [0.1, 0.15) is 5.75 Å². The van der Waals surface area contributed by atoms with Gasteiger partial charge in [0.2, 0.25) is 0 Å². The van der Waals surface area contributed by atoms with E-state index in [2.05, 4.69) is 35.9 Å². The maximum absolute atomic E-state index is 12.3. The van der Waals surface area contributed by atoms with Crippen LogP contribution in [0.3, 0.4) is 0 Å². The predicted molar refractivity (Wildman–Crippen MR) is 106 cm³/mol. The number of carbonyl (C=O) groups excluding carboxylic acids is 1. The Morgan fingerprint density at radius 3 is 2.04 bits per heavy atom. The highest BCUT2D eigenvalue weighted by Gasteiger charge is 2.25. The Morgan fingerprint density at radius 1 is 0.923 bits per heavy atom. The van der Waals surface area contributed by atoms with E-state index in [1.165, 1.54) is 0 Å². The molecule has 2 N–H and O–H groups in total. The van der Waals surface area contributed by atoms with Gasteiger partial charge in [-0.25, -0.2) is 0 Å². The predicted octanol–water partition coefficient (Wildman–Crippen LogP) is 3.57. The van der Waals surface area contributed by atoms with E-state index in [9.17, 15) is 9.90 Å². The molecular formula is C21H27N3O2. The summed E-state index contributed by atoms with van der Waals surface area (Å²) in [5, 5.41) is 12.1. The van der Waals surface area contributed by atoms with Crippen LogP contribution in [0, 0.1) is 0 Å². The number of phenols is 1. The number of amides is 1. The molecule has 0 atom stereocenters. The SMILES string of the molecule is CC(C)(C)N1CCN(c2ccc(C(=O)Nc3ccc(O)cc3)cc2)CC1. The van der Waals surface area contributed by atoms with Crippen molar-refractivity contribution in [3.8, 4) is 5.75 Å². The van der Waals surface area contributed by atoms with E-state index in [1.54, 1.807) is 24.3 Å². The van der Waals surface area contributed by atoms with Gasteiger partial charge in [0, 0.05) is 48.7 Å². The highest BCUT2D eigenvalue weighted by atomic mass is 16.3. The molecule has 0 saturated carbocycles. The van der Waals surface area contributed by atoms with Crippen LogP contribution in [-0.4, -0.2) is 47.6 Å². The standard InChI is InChI=1S/C21H27N3O2/c1-21(2,3)24-14-12-23(13-15-24)18-8-4-16(5-9-18)20(26)22-17-6-10-19(25)11-7-17/h4-11,25H,12-15H2,1-3H3,(H,22,26). The maximum Gasteiger partial charge on any atom is 0.255 e. The molecule has 0 unspecified atom stereocenters. The fraction of sp³-hybridized carbons (Fsp3) is 0.381. The van der Waals surface area contributed by atoms with Gasteiger partial charge in [0.15, 0.2) is 0 Å². The third-order valence-electron chi connectivity index (χ3n) is 4.85. The number of nitrogens with one attached hydrogen (secondary N) is 1. The van der Waals surface area contributed by atoms with E-state index in [0.717, 1.165) is 31.9 Å². The van der Waals surface area contributed by atoms with Crippen LogP contribution >= 0.6 is 0 Å². The summed E-state index contributed by atoms with van der Waals surface area (Å²) in [5.74, 6) is 0.0266. The number of nitrogens with zero attached hydrogens (tertiary/aromatic N) is 2. The Hall–Kier alpha value is -2.53. The molecule has 1 amide bonds. The van der Waals surface area contributed by atoms with Gasteiger partial charge in [-0.05, 0) is 69.3 Å². The molecule has 0 aliphatic carbocycles. The first-order chi connectivity index (χ1) is 12.3. The van der Waals surface area contributed by atoms with Gasteiger partial charge in [-0.1, -0.05) is 0 Å². The minimum atomic E-state index is -0.153. The summed E-state index contributed by atoms with van der Waals surface area (Å²) in [5.41, 5.74) is 2.65. The van der Waals surface area contributed by atoms with Gasteiger partial charge >= 0.3 is 0 Å². The number of anilines is 2. The molecule has 2 aromatic rings. The van der Waals surface area contributed by atoms with E-state index in [0.29, 0.717) is 11.3 Å². The zero-order chi connectivity index (χ0) is 18.7. The second-order valence-corrected chi connectivity index (χ2v) is 7.69. The molecule has 0 radical (unpaired) electrons. The third kappa shape index (κ3) is 4.35. The smallest absolute Gasteiger partial charge is 0.255 e. The molecule has 138 valence electrons. The largest absolute Gasteiger partial charge is 0.508 e. The van der Waals surface area contributed by atoms with Gasteiger partial charge in [-0.15, -0.1) is 0 Å². The topological polar surface area (TPSA) is 55.8 Å². The molecular weight excluding hydrogens is 326 g/mol. The van der Waals surface area contributed by atoms with Gasteiger partial charge < -0.3 is 15.3 Å². The molecule has 1 saturated heterocycles. The molecule has 26 heavy (non-hydrogen) atoms. The molecule has 0 spiro atoms. The number of hydrogen-bond acceptors (Lipinski definition) is 4. The van der Waals surface area contributed by atoms with Gasteiger partial charge in [-0.2, -0.15) is 0 Å². The second kappa shape index (κ2) is 7.38. The molecule has 1 heterocycles. The van der Waals surface area contributed by atoms with Crippen LogP contribution < -0.4 is 10.2 Å². The molecule has 3 rings (SSSR count). The Balaban J connectivity index is 1.60. The van der Waals surface area contributed by atoms with Crippen molar-refractivity contribution in [1.82, 2.24) is 4.90 Å². The summed E-state index contributed by atoms with van der Waals surface area (Å²) in [6.07, 6.45) is 0. The Kier molecular flexibility index (Phi) is 5.18. The zero-order valence-corrected chi connectivity index (χ0v) is 15.7. The van der Waals surface area contributed by atoms with Crippen LogP contribution in [0.4, 0.5) is 11.4 Å². The lowest BCUT2D eigenvalue weighted by atomic mass is 10.0. The Bertz CT molecular complexity index is 740. The molecule has 5 nitrogen and oxygen atoms in total. The fourth-order valence-corrected chi connectivity index (χ4v) is 3.21. The number of benzene rings is 2. The maximum atomic E-state index is 12.3. The zero-order valence-electron chi connectivity index (χ0n) is 15.7. The van der Waals surface area contributed by atoms with Crippen LogP contribution in [-0.2, 0) is 0 Å². The highest BCUT2D eigenvalue weighted by molar-refractivity contribution is 6.04. The van der Waals surface area contributed by atoms with Crippen LogP contribution in [0.1, 0.15) is 31.1 Å². The summed E-state index contributed by atoms with van der Waals surface area (Å²) in [6, 6.07) is 14.2. The lowest BCUT2D eigenvalue weighted by Crippen LogP contribution is -2.53. The first-order valence-corrected chi connectivity index (χ1v) is 9.03. The van der Waals surface area contributed by atoms with Crippen molar-refractivity contribution < 1.29 is 9.90 Å². The van der Waals surface area contributed by atoms with E-state index in [-0.39, 0.29) is 17.2 Å². The summed E-state index contributed by atoms with van der Waals surface area (Å²) in [4.78, 5) is 17.2. The second-order valence-electron chi connectivity index (χ2n) is 7.69. The molecule has 2 aromatic carbocycles. The van der Waals surface area contributed by atoms with Crippen molar-refractivity contribution in [2.45, 2.75) is 26.3 Å². The normalized spacial score (nSPS) is 15.7. The average Bonchev–Trinajstić information content (AvgIpc) is 2.63. The average molecular weight is 353 g/mol.